The molecule has 1 aromatic rings. The fourth-order valence-corrected chi connectivity index (χ4v) is 1.52. The number of methoxy groups -OCH3 is 1. The average molecular weight is 258 g/mol. The Bertz CT molecular complexity index is 390. The molecule has 0 unspecified atom stereocenters. The van der Waals surface area contributed by atoms with Gasteiger partial charge in [-0.3, -0.25) is 4.98 Å². The Morgan fingerprint density at radius 3 is 2.79 bits per heavy atom. The lowest BCUT2D eigenvalue weighted by Crippen LogP contribution is -2.02. The van der Waals surface area contributed by atoms with Crippen LogP contribution in [0.5, 0.6) is 5.75 Å². The lowest BCUT2D eigenvalue weighted by molar-refractivity contribution is -0.130. The van der Waals surface area contributed by atoms with Crippen LogP contribution in [0.2, 0.25) is 0 Å². The number of carboxylic acids is 1. The van der Waals surface area contributed by atoms with Crippen molar-refractivity contribution in [3.05, 3.63) is 29.0 Å². The number of pyridine rings is 1. The fraction of sp³-hybridized carbons (Fsp3) is 0.111. The molecule has 0 spiro atoms. The maximum absolute atomic E-state index is 10.7. The third kappa shape index (κ3) is 1.93. The van der Waals surface area contributed by atoms with Crippen LogP contribution in [0.3, 0.4) is 0 Å². The maximum Gasteiger partial charge on any atom is 0.335 e. The summed E-state index contributed by atoms with van der Waals surface area (Å²) in [6.07, 6.45) is 2.93. The third-order valence-corrected chi connectivity index (χ3v) is 2.25. The number of carboxylic acid groups (broad SMARTS) is 1. The molecule has 1 N–H and O–H groups in total. The van der Waals surface area contributed by atoms with E-state index in [4.69, 9.17) is 9.84 Å². The lowest BCUT2D eigenvalue weighted by atomic mass is 10.1. The van der Waals surface area contributed by atoms with Crippen LogP contribution >= 0.6 is 15.9 Å². The number of ether oxygens (including phenoxy) is 1. The van der Waals surface area contributed by atoms with E-state index in [1.807, 2.05) is 0 Å². The van der Waals surface area contributed by atoms with Crippen molar-refractivity contribution in [1.82, 2.24) is 4.98 Å². The number of aliphatic carboxylic acids is 1. The Kier molecular flexibility index (Phi) is 3.24. The summed E-state index contributed by atoms with van der Waals surface area (Å²) in [5.41, 5.74) is 0.381. The zero-order chi connectivity index (χ0) is 10.7. The minimum absolute atomic E-state index is 0.0314. The van der Waals surface area contributed by atoms with Crippen molar-refractivity contribution in [1.29, 1.82) is 0 Å². The Labute approximate surface area is 89.4 Å². The summed E-state index contributed by atoms with van der Waals surface area (Å²) in [7, 11) is 1.45. The van der Waals surface area contributed by atoms with E-state index in [1.54, 1.807) is 0 Å². The monoisotopic (exact) mass is 257 g/mol. The first kappa shape index (κ1) is 10.7. The number of hydrogen-bond donors (Lipinski definition) is 1. The van der Waals surface area contributed by atoms with Crippen molar-refractivity contribution in [3.63, 3.8) is 0 Å². The second-order valence-corrected chi connectivity index (χ2v) is 3.34. The molecule has 5 heteroatoms. The Morgan fingerprint density at radius 2 is 2.29 bits per heavy atom. The molecule has 0 atom stereocenters. The standard InChI is InChI=1S/C9H8BrNO3/c1-5(9(12)13)8-6(10)3-11-4-7(8)14-2/h3-4H,1H2,2H3,(H,12,13). The summed E-state index contributed by atoms with van der Waals surface area (Å²) in [6.45, 7) is 3.46. The summed E-state index contributed by atoms with van der Waals surface area (Å²) in [4.78, 5) is 14.6. The zero-order valence-corrected chi connectivity index (χ0v) is 9.04. The van der Waals surface area contributed by atoms with Gasteiger partial charge in [-0.25, -0.2) is 4.79 Å². The van der Waals surface area contributed by atoms with Gasteiger partial charge in [0.2, 0.25) is 0 Å². The first-order valence-corrected chi connectivity index (χ1v) is 4.47. The van der Waals surface area contributed by atoms with E-state index in [-0.39, 0.29) is 5.57 Å². The number of hydrogen-bond acceptors (Lipinski definition) is 3. The molecule has 1 rings (SSSR count). The highest BCUT2D eigenvalue weighted by molar-refractivity contribution is 9.10. The Morgan fingerprint density at radius 1 is 1.64 bits per heavy atom. The molecule has 0 saturated heterocycles. The number of rotatable bonds is 3. The number of aromatic nitrogens is 1. The van der Waals surface area contributed by atoms with Crippen LogP contribution < -0.4 is 4.74 Å². The highest BCUT2D eigenvalue weighted by Gasteiger charge is 2.16. The van der Waals surface area contributed by atoms with Gasteiger partial charge in [0, 0.05) is 16.2 Å². The molecule has 0 amide bonds. The molecule has 1 heterocycles. The normalized spacial score (nSPS) is 9.57. The summed E-state index contributed by atoms with van der Waals surface area (Å²) < 4.78 is 5.53. The van der Waals surface area contributed by atoms with Gasteiger partial charge in [0.05, 0.1) is 18.9 Å². The third-order valence-electron chi connectivity index (χ3n) is 1.64. The van der Waals surface area contributed by atoms with Gasteiger partial charge in [0.25, 0.3) is 0 Å². The Hall–Kier alpha value is -1.36. The molecule has 1 aromatic heterocycles. The van der Waals surface area contributed by atoms with Crippen molar-refractivity contribution in [2.24, 2.45) is 0 Å². The molecule has 0 saturated carbocycles. The molecule has 0 aliphatic heterocycles. The molecule has 0 aliphatic rings. The molecule has 0 aliphatic carbocycles. The van der Waals surface area contributed by atoms with Crippen molar-refractivity contribution in [3.8, 4) is 5.75 Å². The van der Waals surface area contributed by atoms with Crippen LogP contribution in [0, 0.1) is 0 Å². The van der Waals surface area contributed by atoms with Gasteiger partial charge in [-0.05, 0) is 15.9 Å². The van der Waals surface area contributed by atoms with E-state index >= 15 is 0 Å². The van der Waals surface area contributed by atoms with Crippen molar-refractivity contribution >= 4 is 27.5 Å². The highest BCUT2D eigenvalue weighted by atomic mass is 79.9. The molecule has 0 bridgehead atoms. The van der Waals surface area contributed by atoms with Crippen LogP contribution in [0.15, 0.2) is 23.4 Å². The summed E-state index contributed by atoms with van der Waals surface area (Å²) in [5, 5.41) is 8.78. The van der Waals surface area contributed by atoms with Crippen LogP contribution in [-0.2, 0) is 4.79 Å². The number of nitrogens with zero attached hydrogens (tertiary/aromatic N) is 1. The molecular weight excluding hydrogens is 250 g/mol. The SMILES string of the molecule is C=C(C(=O)O)c1c(Br)cncc1OC. The lowest BCUT2D eigenvalue weighted by Gasteiger charge is -2.08. The van der Waals surface area contributed by atoms with E-state index in [9.17, 15) is 4.79 Å². The van der Waals surface area contributed by atoms with Crippen LogP contribution in [0.1, 0.15) is 5.56 Å². The number of halogens is 1. The molecule has 0 aromatic carbocycles. The Balaban J connectivity index is 3.30. The van der Waals surface area contributed by atoms with Gasteiger partial charge in [0.1, 0.15) is 5.75 Å². The highest BCUT2D eigenvalue weighted by Crippen LogP contribution is 2.31. The van der Waals surface area contributed by atoms with E-state index in [0.717, 1.165) is 0 Å². The molecular formula is C9H8BrNO3. The van der Waals surface area contributed by atoms with Gasteiger partial charge < -0.3 is 9.84 Å². The van der Waals surface area contributed by atoms with Crippen LogP contribution in [0.25, 0.3) is 5.57 Å². The smallest absolute Gasteiger partial charge is 0.335 e. The summed E-state index contributed by atoms with van der Waals surface area (Å²) in [6, 6.07) is 0. The van der Waals surface area contributed by atoms with Crippen LogP contribution in [0.4, 0.5) is 0 Å². The minimum atomic E-state index is -1.09. The minimum Gasteiger partial charge on any atom is -0.494 e. The molecule has 0 radical (unpaired) electrons. The molecule has 74 valence electrons. The van der Waals surface area contributed by atoms with E-state index in [1.165, 1.54) is 19.5 Å². The van der Waals surface area contributed by atoms with Crippen LogP contribution in [-0.4, -0.2) is 23.2 Å². The van der Waals surface area contributed by atoms with Gasteiger partial charge in [0.15, 0.2) is 0 Å². The van der Waals surface area contributed by atoms with Crippen molar-refractivity contribution < 1.29 is 14.6 Å². The van der Waals surface area contributed by atoms with Crippen molar-refractivity contribution in [2.75, 3.05) is 7.11 Å². The van der Waals surface area contributed by atoms with Gasteiger partial charge in [-0.1, -0.05) is 6.58 Å². The first-order chi connectivity index (χ1) is 6.57. The fourth-order valence-electron chi connectivity index (χ4n) is 0.972. The molecule has 4 nitrogen and oxygen atoms in total. The quantitative estimate of drug-likeness (QED) is 0.842. The van der Waals surface area contributed by atoms with E-state index < -0.39 is 5.97 Å². The van der Waals surface area contributed by atoms with Gasteiger partial charge >= 0.3 is 5.97 Å². The maximum atomic E-state index is 10.7. The number of carbonyl (C=O) groups is 1. The predicted molar refractivity (Wildman–Crippen MR) is 55.2 cm³/mol. The second-order valence-electron chi connectivity index (χ2n) is 2.48. The summed E-state index contributed by atoms with van der Waals surface area (Å²) >= 11 is 3.19. The first-order valence-electron chi connectivity index (χ1n) is 3.68. The van der Waals surface area contributed by atoms with Gasteiger partial charge in [-0.2, -0.15) is 0 Å². The van der Waals surface area contributed by atoms with Gasteiger partial charge in [-0.15, -0.1) is 0 Å². The summed E-state index contributed by atoms with van der Waals surface area (Å²) in [5.74, 6) is -0.707. The largest absolute Gasteiger partial charge is 0.494 e. The van der Waals surface area contributed by atoms with Crippen molar-refractivity contribution in [2.45, 2.75) is 0 Å². The van der Waals surface area contributed by atoms with E-state index in [0.29, 0.717) is 15.8 Å². The predicted octanol–water partition coefficient (Wildman–Crippen LogP) is 1.95. The second kappa shape index (κ2) is 4.23. The molecule has 0 fully saturated rings. The average Bonchev–Trinajstić information content (AvgIpc) is 2.16. The zero-order valence-electron chi connectivity index (χ0n) is 7.45. The topological polar surface area (TPSA) is 59.4 Å². The molecule has 14 heavy (non-hydrogen) atoms. The van der Waals surface area contributed by atoms with E-state index in [2.05, 4.69) is 27.5 Å².